The lowest BCUT2D eigenvalue weighted by Gasteiger charge is -2.39. The highest BCUT2D eigenvalue weighted by Crippen LogP contribution is 2.36. The van der Waals surface area contributed by atoms with Crippen LogP contribution in [0.25, 0.3) is 0 Å². The lowest BCUT2D eigenvalue weighted by Crippen LogP contribution is -2.56. The van der Waals surface area contributed by atoms with Crippen molar-refractivity contribution in [1.29, 1.82) is 0 Å². The third kappa shape index (κ3) is 5.89. The van der Waals surface area contributed by atoms with Gasteiger partial charge in [-0.3, -0.25) is 0 Å². The summed E-state index contributed by atoms with van der Waals surface area (Å²) in [7, 11) is -1.75. The molecule has 1 saturated heterocycles. The molecule has 0 spiro atoms. The monoisotopic (exact) mass is 330 g/mol. The zero-order chi connectivity index (χ0) is 17.2. The van der Waals surface area contributed by atoms with Gasteiger partial charge in [0, 0.05) is 25.7 Å². The van der Waals surface area contributed by atoms with Gasteiger partial charge in [-0.1, -0.05) is 20.8 Å². The summed E-state index contributed by atoms with van der Waals surface area (Å²) >= 11 is 0. The zero-order valence-corrected chi connectivity index (χ0v) is 16.6. The Bertz CT molecular complexity index is 386. The maximum Gasteiger partial charge on any atom is 0.410 e. The molecule has 6 heteroatoms. The highest BCUT2D eigenvalue weighted by Gasteiger charge is 2.38. The summed E-state index contributed by atoms with van der Waals surface area (Å²) in [5.41, 5.74) is -0.449. The number of carbonyl (C=O) groups is 1. The molecule has 1 aliphatic rings. The number of piperazine rings is 1. The second kappa shape index (κ2) is 6.89. The Kier molecular flexibility index (Phi) is 6.09. The van der Waals surface area contributed by atoms with Crippen molar-refractivity contribution in [3.05, 3.63) is 0 Å². The highest BCUT2D eigenvalue weighted by atomic mass is 28.4. The number of hydrogen-bond donors (Lipinski definition) is 1. The van der Waals surface area contributed by atoms with Gasteiger partial charge in [0.25, 0.3) is 0 Å². The van der Waals surface area contributed by atoms with E-state index in [4.69, 9.17) is 9.16 Å². The number of carbonyl (C=O) groups excluding carboxylic acids is 1. The maximum atomic E-state index is 12.2. The molecule has 1 fully saturated rings. The highest BCUT2D eigenvalue weighted by molar-refractivity contribution is 6.74. The van der Waals surface area contributed by atoms with E-state index in [9.17, 15) is 4.79 Å². The minimum atomic E-state index is -1.75. The summed E-state index contributed by atoms with van der Waals surface area (Å²) in [6.45, 7) is 19.7. The van der Waals surface area contributed by atoms with Gasteiger partial charge in [0.2, 0.25) is 0 Å². The molecule has 0 aromatic heterocycles. The summed E-state index contributed by atoms with van der Waals surface area (Å²) in [6, 6.07) is 0.176. The lowest BCUT2D eigenvalue weighted by molar-refractivity contribution is 0.0176. The second-order valence-electron chi connectivity index (χ2n) is 8.65. The predicted octanol–water partition coefficient (Wildman–Crippen LogP) is 3.22. The van der Waals surface area contributed by atoms with Crippen molar-refractivity contribution in [3.63, 3.8) is 0 Å². The Morgan fingerprint density at radius 2 is 1.82 bits per heavy atom. The topological polar surface area (TPSA) is 50.8 Å². The number of ether oxygens (including phenoxy) is 1. The summed E-state index contributed by atoms with van der Waals surface area (Å²) in [5, 5.41) is 3.64. The van der Waals surface area contributed by atoms with E-state index in [1.165, 1.54) is 0 Å². The van der Waals surface area contributed by atoms with Gasteiger partial charge in [-0.25, -0.2) is 4.79 Å². The molecule has 0 bridgehead atoms. The average Bonchev–Trinajstić information content (AvgIpc) is 2.33. The molecular weight excluding hydrogens is 296 g/mol. The van der Waals surface area contributed by atoms with Crippen LogP contribution in [0.2, 0.25) is 18.1 Å². The molecule has 1 aliphatic heterocycles. The largest absolute Gasteiger partial charge is 0.444 e. The molecule has 1 rings (SSSR count). The van der Waals surface area contributed by atoms with Crippen LogP contribution in [0, 0.1) is 0 Å². The number of rotatable bonds is 3. The van der Waals surface area contributed by atoms with Crippen molar-refractivity contribution in [2.45, 2.75) is 71.3 Å². The fourth-order valence-corrected chi connectivity index (χ4v) is 3.01. The molecule has 1 atom stereocenters. The van der Waals surface area contributed by atoms with Crippen molar-refractivity contribution in [1.82, 2.24) is 10.2 Å². The maximum absolute atomic E-state index is 12.2. The van der Waals surface area contributed by atoms with Gasteiger partial charge in [0.15, 0.2) is 8.32 Å². The molecule has 130 valence electrons. The van der Waals surface area contributed by atoms with E-state index in [0.717, 1.165) is 6.54 Å². The van der Waals surface area contributed by atoms with Gasteiger partial charge in [0.05, 0.1) is 6.61 Å². The molecule has 1 amide bonds. The first-order chi connectivity index (χ1) is 9.82. The van der Waals surface area contributed by atoms with Crippen LogP contribution in [0.1, 0.15) is 41.5 Å². The number of amides is 1. The van der Waals surface area contributed by atoms with Crippen LogP contribution in [-0.2, 0) is 9.16 Å². The van der Waals surface area contributed by atoms with E-state index in [1.807, 2.05) is 20.8 Å². The molecule has 0 aromatic carbocycles. The van der Waals surface area contributed by atoms with Crippen LogP contribution < -0.4 is 5.32 Å². The van der Waals surface area contributed by atoms with E-state index < -0.39 is 13.9 Å². The fourth-order valence-electron chi connectivity index (χ4n) is 1.95. The average molecular weight is 331 g/mol. The molecule has 0 aliphatic carbocycles. The Labute approximate surface area is 136 Å². The quantitative estimate of drug-likeness (QED) is 0.807. The molecule has 0 saturated carbocycles. The first-order valence-electron chi connectivity index (χ1n) is 8.17. The fraction of sp³-hybridized carbons (Fsp3) is 0.938. The van der Waals surface area contributed by atoms with E-state index in [-0.39, 0.29) is 17.2 Å². The van der Waals surface area contributed by atoms with Crippen molar-refractivity contribution in [2.24, 2.45) is 0 Å². The molecule has 1 heterocycles. The van der Waals surface area contributed by atoms with Gasteiger partial charge in [-0.15, -0.1) is 0 Å². The van der Waals surface area contributed by atoms with Gasteiger partial charge in [-0.2, -0.15) is 0 Å². The smallest absolute Gasteiger partial charge is 0.410 e. The molecule has 22 heavy (non-hydrogen) atoms. The summed E-state index contributed by atoms with van der Waals surface area (Å²) in [6.07, 6.45) is -0.230. The summed E-state index contributed by atoms with van der Waals surface area (Å²) in [5.74, 6) is 0. The van der Waals surface area contributed by atoms with Crippen molar-refractivity contribution in [2.75, 3.05) is 26.2 Å². The number of nitrogens with zero attached hydrogens (tertiary/aromatic N) is 1. The predicted molar refractivity (Wildman–Crippen MR) is 92.7 cm³/mol. The minimum absolute atomic E-state index is 0.176. The molecule has 5 nitrogen and oxygen atoms in total. The van der Waals surface area contributed by atoms with Crippen LogP contribution in [0.4, 0.5) is 4.79 Å². The summed E-state index contributed by atoms with van der Waals surface area (Å²) in [4.78, 5) is 13.9. The van der Waals surface area contributed by atoms with E-state index >= 15 is 0 Å². The van der Waals surface area contributed by atoms with E-state index in [1.54, 1.807) is 4.90 Å². The third-order valence-electron chi connectivity index (χ3n) is 4.36. The third-order valence-corrected chi connectivity index (χ3v) is 8.86. The van der Waals surface area contributed by atoms with Crippen LogP contribution in [0.3, 0.4) is 0 Å². The second-order valence-corrected chi connectivity index (χ2v) is 13.5. The lowest BCUT2D eigenvalue weighted by atomic mass is 10.2. The zero-order valence-electron chi connectivity index (χ0n) is 15.6. The first-order valence-corrected chi connectivity index (χ1v) is 11.1. The molecular formula is C16H34N2O3Si. The van der Waals surface area contributed by atoms with Gasteiger partial charge in [-0.05, 0) is 38.9 Å². The van der Waals surface area contributed by atoms with Gasteiger partial charge < -0.3 is 19.4 Å². The first kappa shape index (κ1) is 19.5. The van der Waals surface area contributed by atoms with Crippen molar-refractivity contribution < 1.29 is 14.0 Å². The number of hydrogen-bond acceptors (Lipinski definition) is 4. The van der Waals surface area contributed by atoms with Crippen molar-refractivity contribution >= 4 is 14.4 Å². The molecule has 0 unspecified atom stereocenters. The summed E-state index contributed by atoms with van der Waals surface area (Å²) < 4.78 is 11.7. The standard InChI is InChI=1S/C16H34N2O3Si/c1-15(2,3)21-14(19)18-10-9-17-13(11-18)12-20-22(7,8)16(4,5)6/h13,17H,9-12H2,1-8H3/t13-/m1/s1. The number of nitrogens with one attached hydrogen (secondary N) is 1. The molecule has 1 N–H and O–H groups in total. The Balaban J connectivity index is 2.52. The van der Waals surface area contributed by atoms with Gasteiger partial charge >= 0.3 is 6.09 Å². The molecule has 0 radical (unpaired) electrons. The van der Waals surface area contributed by atoms with Crippen LogP contribution in [0.5, 0.6) is 0 Å². The van der Waals surface area contributed by atoms with Crippen LogP contribution >= 0.6 is 0 Å². The molecule has 0 aromatic rings. The van der Waals surface area contributed by atoms with Gasteiger partial charge in [0.1, 0.15) is 5.60 Å². The SMILES string of the molecule is CC(C)(C)OC(=O)N1CCN[C@@H](CO[Si](C)(C)C(C)(C)C)C1. The minimum Gasteiger partial charge on any atom is -0.444 e. The Morgan fingerprint density at radius 1 is 1.23 bits per heavy atom. The van der Waals surface area contributed by atoms with E-state index in [2.05, 4.69) is 39.2 Å². The Hall–Kier alpha value is -0.593. The van der Waals surface area contributed by atoms with Crippen molar-refractivity contribution in [3.8, 4) is 0 Å². The normalized spacial score (nSPS) is 20.9. The Morgan fingerprint density at radius 3 is 2.32 bits per heavy atom. The van der Waals surface area contributed by atoms with Crippen LogP contribution in [0.15, 0.2) is 0 Å². The van der Waals surface area contributed by atoms with E-state index in [0.29, 0.717) is 19.7 Å². The van der Waals surface area contributed by atoms with Crippen LogP contribution in [-0.4, -0.2) is 57.2 Å².